The highest BCUT2D eigenvalue weighted by Gasteiger charge is 2.15. The van der Waals surface area contributed by atoms with Gasteiger partial charge in [0, 0.05) is 42.6 Å². The molecule has 8 nitrogen and oxygen atoms in total. The van der Waals surface area contributed by atoms with Crippen molar-refractivity contribution >= 4 is 23.4 Å². The van der Waals surface area contributed by atoms with Gasteiger partial charge < -0.3 is 24.3 Å². The third-order valence-electron chi connectivity index (χ3n) is 4.40. The summed E-state index contributed by atoms with van der Waals surface area (Å²) in [6, 6.07) is 12.6. The summed E-state index contributed by atoms with van der Waals surface area (Å²) in [7, 11) is 4.78. The quantitative estimate of drug-likeness (QED) is 0.262. The fourth-order valence-corrected chi connectivity index (χ4v) is 3.84. The summed E-state index contributed by atoms with van der Waals surface area (Å²) < 4.78 is 20.9. The van der Waals surface area contributed by atoms with Crippen molar-refractivity contribution in [1.29, 1.82) is 0 Å². The molecule has 1 aromatic carbocycles. The number of benzene rings is 1. The maximum atomic E-state index is 12.9. The van der Waals surface area contributed by atoms with Crippen LogP contribution in [-0.4, -0.2) is 44.0 Å². The van der Waals surface area contributed by atoms with Crippen molar-refractivity contribution in [2.75, 3.05) is 33.4 Å². The first kappa shape index (κ1) is 23.5. The molecule has 0 spiro atoms. The minimum Gasteiger partial charge on any atom is -0.497 e. The van der Waals surface area contributed by atoms with E-state index in [9.17, 15) is 4.79 Å². The Balaban J connectivity index is 1.70. The van der Waals surface area contributed by atoms with Gasteiger partial charge in [0.25, 0.3) is 5.91 Å². The zero-order valence-electron chi connectivity index (χ0n) is 18.2. The van der Waals surface area contributed by atoms with Crippen molar-refractivity contribution in [3.8, 4) is 11.5 Å². The Labute approximate surface area is 191 Å². The van der Waals surface area contributed by atoms with Crippen molar-refractivity contribution in [2.45, 2.75) is 17.4 Å². The molecule has 32 heavy (non-hydrogen) atoms. The minimum absolute atomic E-state index is 0.174. The molecule has 0 aliphatic heterocycles. The number of hydrogen-bond donors (Lipinski definition) is 1. The Morgan fingerprint density at radius 2 is 1.91 bits per heavy atom. The molecule has 0 unspecified atom stereocenters. The van der Waals surface area contributed by atoms with Crippen molar-refractivity contribution < 1.29 is 23.7 Å². The summed E-state index contributed by atoms with van der Waals surface area (Å²) in [5.74, 6) is 1.77. The third-order valence-corrected chi connectivity index (χ3v) is 5.45. The summed E-state index contributed by atoms with van der Waals surface area (Å²) in [5, 5.41) is 3.53. The molecule has 0 fully saturated rings. The van der Waals surface area contributed by atoms with Crippen LogP contribution in [0.1, 0.15) is 21.6 Å². The Morgan fingerprint density at radius 1 is 1.03 bits per heavy atom. The maximum absolute atomic E-state index is 12.9. The highest BCUT2D eigenvalue weighted by atomic mass is 32.2. The molecule has 1 amide bonds. The van der Waals surface area contributed by atoms with Gasteiger partial charge in [0.2, 0.25) is 0 Å². The lowest BCUT2D eigenvalue weighted by atomic mass is 10.2. The minimum atomic E-state index is -0.253. The van der Waals surface area contributed by atoms with Gasteiger partial charge in [-0.15, -0.1) is 11.8 Å². The monoisotopic (exact) mass is 455 g/mol. The van der Waals surface area contributed by atoms with Crippen LogP contribution >= 0.6 is 11.8 Å². The van der Waals surface area contributed by atoms with E-state index in [1.54, 1.807) is 58.0 Å². The van der Waals surface area contributed by atoms with Gasteiger partial charge >= 0.3 is 0 Å². The van der Waals surface area contributed by atoms with Gasteiger partial charge in [-0.05, 0) is 30.3 Å². The van der Waals surface area contributed by atoms with E-state index < -0.39 is 0 Å². The predicted molar refractivity (Wildman–Crippen MR) is 122 cm³/mol. The Kier molecular flexibility index (Phi) is 8.85. The van der Waals surface area contributed by atoms with Gasteiger partial charge in [0.15, 0.2) is 0 Å². The molecule has 0 saturated heterocycles. The Hall–Kier alpha value is -3.14. The molecule has 0 bridgehead atoms. The predicted octanol–water partition coefficient (Wildman–Crippen LogP) is 4.16. The third kappa shape index (κ3) is 6.43. The zero-order chi connectivity index (χ0) is 22.8. The van der Waals surface area contributed by atoms with Gasteiger partial charge in [-0.2, -0.15) is 0 Å². The largest absolute Gasteiger partial charge is 0.497 e. The van der Waals surface area contributed by atoms with Gasteiger partial charge in [0.1, 0.15) is 23.3 Å². The van der Waals surface area contributed by atoms with Crippen LogP contribution in [0.3, 0.4) is 0 Å². The van der Waals surface area contributed by atoms with Gasteiger partial charge in [-0.25, -0.2) is 4.98 Å². The highest BCUT2D eigenvalue weighted by molar-refractivity contribution is 7.98. The molecule has 1 N–H and O–H groups in total. The van der Waals surface area contributed by atoms with E-state index in [2.05, 4.69) is 15.3 Å². The zero-order valence-corrected chi connectivity index (χ0v) is 19.0. The smallest absolute Gasteiger partial charge is 0.258 e. The van der Waals surface area contributed by atoms with Gasteiger partial charge in [-0.3, -0.25) is 9.78 Å². The molecule has 0 aliphatic rings. The molecule has 2 heterocycles. The average molecular weight is 456 g/mol. The van der Waals surface area contributed by atoms with E-state index in [-0.39, 0.29) is 19.3 Å². The molecule has 9 heteroatoms. The van der Waals surface area contributed by atoms with Crippen molar-refractivity contribution in [3.05, 3.63) is 71.7 Å². The number of rotatable bonds is 11. The van der Waals surface area contributed by atoms with E-state index in [1.807, 2.05) is 18.2 Å². The summed E-state index contributed by atoms with van der Waals surface area (Å²) in [5.41, 5.74) is 2.77. The molecule has 2 aromatic heterocycles. The van der Waals surface area contributed by atoms with E-state index in [1.165, 1.54) is 11.8 Å². The number of ether oxygens (including phenoxy) is 4. The molecule has 0 radical (unpaired) electrons. The first-order valence-corrected chi connectivity index (χ1v) is 10.7. The number of aromatic nitrogens is 2. The van der Waals surface area contributed by atoms with Crippen LogP contribution in [0, 0.1) is 0 Å². The summed E-state index contributed by atoms with van der Waals surface area (Å²) in [6.07, 6.45) is 3.29. The number of thioether (sulfide) groups is 1. The number of anilines is 1. The average Bonchev–Trinajstić information content (AvgIpc) is 2.83. The molecule has 0 atom stereocenters. The fourth-order valence-electron chi connectivity index (χ4n) is 2.86. The normalized spacial score (nSPS) is 10.6. The summed E-state index contributed by atoms with van der Waals surface area (Å²) in [6.45, 7) is 0.461. The van der Waals surface area contributed by atoms with Crippen LogP contribution in [0.5, 0.6) is 11.5 Å². The maximum Gasteiger partial charge on any atom is 0.258 e. The van der Waals surface area contributed by atoms with E-state index in [0.717, 1.165) is 17.1 Å². The van der Waals surface area contributed by atoms with Crippen LogP contribution in [0.25, 0.3) is 0 Å². The first-order valence-electron chi connectivity index (χ1n) is 9.76. The second-order valence-electron chi connectivity index (χ2n) is 6.57. The van der Waals surface area contributed by atoms with E-state index in [0.29, 0.717) is 27.7 Å². The summed E-state index contributed by atoms with van der Waals surface area (Å²) in [4.78, 5) is 21.6. The molecule has 3 aromatic rings. The number of hydrogen-bond acceptors (Lipinski definition) is 8. The first-order chi connectivity index (χ1) is 15.6. The number of carbonyl (C=O) groups is 1. The number of amides is 1. The molecular weight excluding hydrogens is 430 g/mol. The lowest BCUT2D eigenvalue weighted by molar-refractivity contribution is -0.0400. The van der Waals surface area contributed by atoms with Crippen molar-refractivity contribution in [2.24, 2.45) is 0 Å². The Bertz CT molecular complexity index is 1050. The molecule has 0 aliphatic carbocycles. The number of carbonyl (C=O) groups excluding carboxylic acids is 1. The van der Waals surface area contributed by atoms with Gasteiger partial charge in [0.05, 0.1) is 32.1 Å². The highest BCUT2D eigenvalue weighted by Crippen LogP contribution is 2.31. The number of methoxy groups -OCH3 is 3. The lowest BCUT2D eigenvalue weighted by Gasteiger charge is -2.12. The topological polar surface area (TPSA) is 91.8 Å². The fraction of sp³-hybridized carbons (Fsp3) is 0.261. The van der Waals surface area contributed by atoms with Crippen LogP contribution in [0.2, 0.25) is 0 Å². The number of pyridine rings is 2. The standard InChI is InChI=1S/C23H25N3O5S/c1-28-15-31-13-18-11-17(8-10-24-18)26-22(27)20-5-4-9-25-23(20)32-14-16-6-7-19(29-2)12-21(16)30-3/h4-12H,13-15H2,1-3H3,(H,24,26,27). The van der Waals surface area contributed by atoms with E-state index in [4.69, 9.17) is 18.9 Å². The van der Waals surface area contributed by atoms with Crippen molar-refractivity contribution in [1.82, 2.24) is 9.97 Å². The van der Waals surface area contributed by atoms with E-state index >= 15 is 0 Å². The lowest BCUT2D eigenvalue weighted by Crippen LogP contribution is -2.14. The second kappa shape index (κ2) is 12.0. The second-order valence-corrected chi connectivity index (χ2v) is 7.53. The van der Waals surface area contributed by atoms with Crippen molar-refractivity contribution in [3.63, 3.8) is 0 Å². The van der Waals surface area contributed by atoms with Crippen LogP contribution in [0.4, 0.5) is 5.69 Å². The molecule has 168 valence electrons. The Morgan fingerprint density at radius 3 is 2.69 bits per heavy atom. The molecular formula is C23H25N3O5S. The van der Waals surface area contributed by atoms with Gasteiger partial charge in [-0.1, -0.05) is 6.07 Å². The number of nitrogens with one attached hydrogen (secondary N) is 1. The SMILES string of the molecule is COCOCc1cc(NC(=O)c2cccnc2SCc2ccc(OC)cc2OC)ccn1. The molecule has 3 rings (SSSR count). The van der Waals surface area contributed by atoms with Crippen LogP contribution in [-0.2, 0) is 21.8 Å². The number of nitrogens with zero attached hydrogens (tertiary/aromatic N) is 2. The van der Waals surface area contributed by atoms with Crippen LogP contribution < -0.4 is 14.8 Å². The molecule has 0 saturated carbocycles. The van der Waals surface area contributed by atoms with Crippen LogP contribution in [0.15, 0.2) is 59.9 Å². The summed E-state index contributed by atoms with van der Waals surface area (Å²) >= 11 is 1.46.